The van der Waals surface area contributed by atoms with Crippen molar-refractivity contribution in [1.29, 1.82) is 0 Å². The van der Waals surface area contributed by atoms with E-state index in [0.717, 1.165) is 23.1 Å². The van der Waals surface area contributed by atoms with Crippen LogP contribution < -0.4 is 4.13 Å². The highest BCUT2D eigenvalue weighted by molar-refractivity contribution is 8.08. The van der Waals surface area contributed by atoms with Crippen LogP contribution in [0.25, 0.3) is 0 Å². The average molecular weight is 203 g/mol. The lowest BCUT2D eigenvalue weighted by molar-refractivity contribution is 0.600. The van der Waals surface area contributed by atoms with Gasteiger partial charge in [-0.25, -0.2) is 8.42 Å². The van der Waals surface area contributed by atoms with Crippen molar-refractivity contribution < 1.29 is 8.42 Å². The van der Waals surface area contributed by atoms with E-state index in [9.17, 15) is 8.42 Å². The van der Waals surface area contributed by atoms with Crippen LogP contribution in [0, 0.1) is 0 Å². The van der Waals surface area contributed by atoms with Crippen molar-refractivity contribution in [2.75, 3.05) is 6.26 Å². The largest absolute Gasteiger partial charge is 0.218 e. The summed E-state index contributed by atoms with van der Waals surface area (Å²) in [5.74, 6) is 0. The van der Waals surface area contributed by atoms with Gasteiger partial charge in [-0.2, -0.15) is 4.13 Å². The molecule has 1 aromatic rings. The molecule has 3 nitrogen and oxygen atoms in total. The molecule has 0 bridgehead atoms. The fourth-order valence-corrected chi connectivity index (χ4v) is 1.90. The van der Waals surface area contributed by atoms with Crippen LogP contribution in [0.3, 0.4) is 0 Å². The van der Waals surface area contributed by atoms with E-state index >= 15 is 0 Å². The first kappa shape index (κ1) is 9.57. The minimum absolute atomic E-state index is 0.878. The summed E-state index contributed by atoms with van der Waals surface area (Å²) < 4.78 is 23.7. The van der Waals surface area contributed by atoms with Crippen LogP contribution in [0.5, 0.6) is 0 Å². The third-order valence-corrected chi connectivity index (χ3v) is 3.11. The maximum absolute atomic E-state index is 10.7. The quantitative estimate of drug-likeness (QED) is 0.752. The molecule has 0 atom stereocenters. The molecule has 0 aromatic heterocycles. The highest BCUT2D eigenvalue weighted by Gasteiger charge is 2.00. The van der Waals surface area contributed by atoms with E-state index in [-0.39, 0.29) is 0 Å². The topological polar surface area (TPSA) is 46.2 Å². The van der Waals surface area contributed by atoms with E-state index < -0.39 is 10.0 Å². The van der Waals surface area contributed by atoms with Crippen LogP contribution in [0.4, 0.5) is 0 Å². The van der Waals surface area contributed by atoms with E-state index in [2.05, 4.69) is 4.13 Å². The molecule has 1 rings (SSSR count). The van der Waals surface area contributed by atoms with Crippen molar-refractivity contribution in [2.45, 2.75) is 4.90 Å². The Balaban J connectivity index is 2.56. The van der Waals surface area contributed by atoms with E-state index in [1.54, 1.807) is 0 Å². The number of nitrogens with one attached hydrogen (secondary N) is 1. The zero-order chi connectivity index (χ0) is 9.03. The zero-order valence-electron chi connectivity index (χ0n) is 6.52. The smallest absolute Gasteiger partial charge is 0.212 e. The molecule has 0 fully saturated rings. The van der Waals surface area contributed by atoms with Crippen molar-refractivity contribution in [1.82, 2.24) is 4.13 Å². The second-order valence-electron chi connectivity index (χ2n) is 2.27. The minimum Gasteiger partial charge on any atom is -0.212 e. The SMILES string of the molecule is CS(=O)(=O)NSc1ccccc1. The number of benzene rings is 1. The second kappa shape index (κ2) is 3.93. The molecule has 0 radical (unpaired) electrons. The predicted octanol–water partition coefficient (Wildman–Crippen LogP) is 1.24. The maximum atomic E-state index is 10.7. The predicted molar refractivity (Wildman–Crippen MR) is 50.3 cm³/mol. The lowest BCUT2D eigenvalue weighted by Crippen LogP contribution is -2.13. The van der Waals surface area contributed by atoms with Gasteiger partial charge in [0.05, 0.1) is 6.26 Å². The third kappa shape index (κ3) is 3.75. The van der Waals surface area contributed by atoms with Crippen LogP contribution in [-0.4, -0.2) is 14.7 Å². The Morgan fingerprint density at radius 1 is 1.25 bits per heavy atom. The van der Waals surface area contributed by atoms with Crippen LogP contribution >= 0.6 is 11.9 Å². The molecule has 0 aliphatic rings. The van der Waals surface area contributed by atoms with Gasteiger partial charge in [-0.15, -0.1) is 0 Å². The summed E-state index contributed by atoms with van der Waals surface area (Å²) in [5, 5.41) is 0. The van der Waals surface area contributed by atoms with Gasteiger partial charge in [0.25, 0.3) is 0 Å². The van der Waals surface area contributed by atoms with Gasteiger partial charge in [0.2, 0.25) is 10.0 Å². The van der Waals surface area contributed by atoms with Gasteiger partial charge < -0.3 is 0 Å². The molecular formula is C7H9NO2S2. The molecule has 0 amide bonds. The van der Waals surface area contributed by atoms with E-state index in [1.165, 1.54) is 0 Å². The monoisotopic (exact) mass is 203 g/mol. The molecule has 0 heterocycles. The molecule has 0 saturated heterocycles. The van der Waals surface area contributed by atoms with Crippen molar-refractivity contribution in [3.8, 4) is 0 Å². The van der Waals surface area contributed by atoms with Crippen molar-refractivity contribution in [2.24, 2.45) is 0 Å². The molecule has 0 saturated carbocycles. The van der Waals surface area contributed by atoms with E-state index in [0.29, 0.717) is 0 Å². The molecule has 1 aromatic carbocycles. The minimum atomic E-state index is -3.11. The highest BCUT2D eigenvalue weighted by atomic mass is 32.3. The number of hydrogen-bond acceptors (Lipinski definition) is 3. The lowest BCUT2D eigenvalue weighted by atomic mass is 10.4. The highest BCUT2D eigenvalue weighted by Crippen LogP contribution is 2.13. The van der Waals surface area contributed by atoms with Crippen LogP contribution in [0.1, 0.15) is 0 Å². The Morgan fingerprint density at radius 3 is 2.33 bits per heavy atom. The normalized spacial score (nSPS) is 11.4. The summed E-state index contributed by atoms with van der Waals surface area (Å²) in [6, 6.07) is 9.26. The second-order valence-corrected chi connectivity index (χ2v) is 5.16. The number of hydrogen-bond donors (Lipinski definition) is 1. The van der Waals surface area contributed by atoms with Gasteiger partial charge >= 0.3 is 0 Å². The maximum Gasteiger partial charge on any atom is 0.218 e. The van der Waals surface area contributed by atoms with Crippen molar-refractivity contribution in [3.63, 3.8) is 0 Å². The molecule has 5 heteroatoms. The summed E-state index contributed by atoms with van der Waals surface area (Å²) in [6.07, 6.45) is 1.13. The summed E-state index contributed by atoms with van der Waals surface area (Å²) in [6.45, 7) is 0. The van der Waals surface area contributed by atoms with Gasteiger partial charge in [-0.1, -0.05) is 18.2 Å². The summed E-state index contributed by atoms with van der Waals surface area (Å²) in [7, 11) is -3.11. The first-order valence-electron chi connectivity index (χ1n) is 3.26. The fraction of sp³-hybridized carbons (Fsp3) is 0.143. The Kier molecular flexibility index (Phi) is 3.13. The van der Waals surface area contributed by atoms with Gasteiger partial charge in [0, 0.05) is 4.90 Å². The molecule has 0 unspecified atom stereocenters. The number of sulfonamides is 1. The Bertz CT molecular complexity index is 334. The first-order chi connectivity index (χ1) is 5.58. The summed E-state index contributed by atoms with van der Waals surface area (Å²) in [5.41, 5.74) is 0. The number of rotatable bonds is 3. The zero-order valence-corrected chi connectivity index (χ0v) is 8.15. The van der Waals surface area contributed by atoms with E-state index in [4.69, 9.17) is 0 Å². The van der Waals surface area contributed by atoms with Gasteiger partial charge in [0.15, 0.2) is 0 Å². The van der Waals surface area contributed by atoms with Crippen LogP contribution in [0.2, 0.25) is 0 Å². The third-order valence-electron chi connectivity index (χ3n) is 1.05. The average Bonchev–Trinajstić information content (AvgIpc) is 2.02. The standard InChI is InChI=1S/C7H9NO2S2/c1-12(9,10)8-11-7-5-3-2-4-6-7/h2-6,8H,1H3. The van der Waals surface area contributed by atoms with Gasteiger partial charge in [0.1, 0.15) is 0 Å². The summed E-state index contributed by atoms with van der Waals surface area (Å²) >= 11 is 1.09. The molecule has 66 valence electrons. The fourth-order valence-electron chi connectivity index (χ4n) is 0.612. The van der Waals surface area contributed by atoms with Gasteiger partial charge in [-0.05, 0) is 24.1 Å². The lowest BCUT2D eigenvalue weighted by Gasteiger charge is -1.99. The van der Waals surface area contributed by atoms with E-state index in [1.807, 2.05) is 30.3 Å². The van der Waals surface area contributed by atoms with Crippen LogP contribution in [0.15, 0.2) is 35.2 Å². The first-order valence-corrected chi connectivity index (χ1v) is 5.97. The molecule has 0 aliphatic carbocycles. The molecule has 1 N–H and O–H groups in total. The van der Waals surface area contributed by atoms with Gasteiger partial charge in [-0.3, -0.25) is 0 Å². The van der Waals surface area contributed by atoms with Crippen molar-refractivity contribution in [3.05, 3.63) is 30.3 Å². The Morgan fingerprint density at radius 2 is 1.83 bits per heavy atom. The molecule has 12 heavy (non-hydrogen) atoms. The Labute approximate surface area is 76.4 Å². The molecule has 0 aliphatic heterocycles. The molecule has 0 spiro atoms. The van der Waals surface area contributed by atoms with Crippen molar-refractivity contribution >= 4 is 22.0 Å². The van der Waals surface area contributed by atoms with Crippen LogP contribution in [-0.2, 0) is 10.0 Å². The summed E-state index contributed by atoms with van der Waals surface area (Å²) in [4.78, 5) is 0.878. The Hall–Kier alpha value is -0.520. The molecular weight excluding hydrogens is 194 g/mol.